The first kappa shape index (κ1) is 27.9. The van der Waals surface area contributed by atoms with Crippen LogP contribution in [-0.4, -0.2) is 58.3 Å². The predicted molar refractivity (Wildman–Crippen MR) is 123 cm³/mol. The number of fused-ring (bicyclic) bond motifs is 1. The maximum atomic E-state index is 13.4. The van der Waals surface area contributed by atoms with Gasteiger partial charge < -0.3 is 19.7 Å². The number of hydrogen-bond donors (Lipinski definition) is 2. The molecule has 1 aliphatic heterocycles. The van der Waals surface area contributed by atoms with Crippen molar-refractivity contribution in [3.05, 3.63) is 12.2 Å². The number of methoxy groups -OCH3 is 1. The van der Waals surface area contributed by atoms with Gasteiger partial charge in [0.1, 0.15) is 0 Å². The molecule has 0 radical (unpaired) electrons. The van der Waals surface area contributed by atoms with E-state index in [1.54, 1.807) is 6.08 Å². The smallest absolute Gasteiger partial charge is 0.394 e. The van der Waals surface area contributed by atoms with Gasteiger partial charge in [0.25, 0.3) is 0 Å². The first-order chi connectivity index (χ1) is 15.1. The summed E-state index contributed by atoms with van der Waals surface area (Å²) < 4.78 is 51.3. The van der Waals surface area contributed by atoms with Crippen LogP contribution in [0.25, 0.3) is 0 Å². The predicted octanol–water partition coefficient (Wildman–Crippen LogP) is 4.82. The zero-order valence-corrected chi connectivity index (χ0v) is 20.9. The molecule has 8 atom stereocenters. The van der Waals surface area contributed by atoms with Gasteiger partial charge in [0.05, 0.1) is 31.3 Å². The molecule has 1 aliphatic carbocycles. The first-order valence-electron chi connectivity index (χ1n) is 11.5. The lowest BCUT2D eigenvalue weighted by molar-refractivity contribution is -0.195. The highest BCUT2D eigenvalue weighted by molar-refractivity contribution is 14.1. The third-order valence-electron chi connectivity index (χ3n) is 6.86. The first-order valence-corrected chi connectivity index (χ1v) is 12.8. The third-order valence-corrected chi connectivity index (χ3v) is 8.29. The molecule has 0 bridgehead atoms. The van der Waals surface area contributed by atoms with Crippen LogP contribution in [0.3, 0.4) is 0 Å². The second kappa shape index (κ2) is 12.9. The van der Waals surface area contributed by atoms with Crippen LogP contribution >= 0.6 is 22.6 Å². The van der Waals surface area contributed by atoms with Crippen LogP contribution in [0, 0.1) is 23.7 Å². The summed E-state index contributed by atoms with van der Waals surface area (Å²) in [5, 5.41) is 20.1. The lowest BCUT2D eigenvalue weighted by atomic mass is 9.85. The summed E-state index contributed by atoms with van der Waals surface area (Å²) in [7, 11) is 1.37. The molecular formula is C23H36F3IO5. The molecule has 0 aromatic carbocycles. The number of aliphatic hydroxyl groups excluding tert-OH is 2. The van der Waals surface area contributed by atoms with Gasteiger partial charge in [-0.05, 0) is 49.9 Å². The van der Waals surface area contributed by atoms with Crippen LogP contribution in [0.2, 0.25) is 0 Å². The lowest BCUT2D eigenvalue weighted by Crippen LogP contribution is -2.33. The van der Waals surface area contributed by atoms with E-state index >= 15 is 0 Å². The zero-order valence-electron chi connectivity index (χ0n) is 18.8. The van der Waals surface area contributed by atoms with Gasteiger partial charge in [0.2, 0.25) is 0 Å². The van der Waals surface area contributed by atoms with E-state index < -0.39 is 18.2 Å². The number of aliphatic hydroxyl groups is 2. The molecule has 0 spiro atoms. The highest BCUT2D eigenvalue weighted by Gasteiger charge is 2.49. The number of rotatable bonds is 12. The molecule has 2 aliphatic rings. The number of alkyl halides is 4. The topological polar surface area (TPSA) is 76.0 Å². The second-order valence-corrected chi connectivity index (χ2v) is 10.6. The Morgan fingerprint density at radius 1 is 1.28 bits per heavy atom. The van der Waals surface area contributed by atoms with Crippen molar-refractivity contribution >= 4 is 28.6 Å². The Kier molecular flexibility index (Phi) is 11.2. The van der Waals surface area contributed by atoms with Crippen molar-refractivity contribution < 1.29 is 37.7 Å². The molecule has 0 aromatic heterocycles. The van der Waals surface area contributed by atoms with Gasteiger partial charge in [-0.2, -0.15) is 13.2 Å². The molecule has 2 N–H and O–H groups in total. The maximum absolute atomic E-state index is 13.4. The zero-order chi connectivity index (χ0) is 23.9. The van der Waals surface area contributed by atoms with Gasteiger partial charge in [-0.3, -0.25) is 4.79 Å². The normalized spacial score (nSPS) is 30.9. The summed E-state index contributed by atoms with van der Waals surface area (Å²) in [5.41, 5.74) is 0. The Morgan fingerprint density at radius 3 is 2.59 bits per heavy atom. The van der Waals surface area contributed by atoms with E-state index in [0.29, 0.717) is 32.1 Å². The molecular weight excluding hydrogens is 540 g/mol. The van der Waals surface area contributed by atoms with Crippen LogP contribution in [0.1, 0.15) is 58.3 Å². The van der Waals surface area contributed by atoms with Gasteiger partial charge in [-0.15, -0.1) is 0 Å². The largest absolute Gasteiger partial charge is 0.469 e. The van der Waals surface area contributed by atoms with E-state index in [9.17, 15) is 28.2 Å². The molecule has 1 saturated carbocycles. The number of carbonyl (C=O) groups is 1. The van der Waals surface area contributed by atoms with Crippen molar-refractivity contribution in [2.75, 3.05) is 13.7 Å². The van der Waals surface area contributed by atoms with E-state index in [1.165, 1.54) is 13.2 Å². The fourth-order valence-corrected chi connectivity index (χ4v) is 5.93. The van der Waals surface area contributed by atoms with Crippen molar-refractivity contribution in [1.82, 2.24) is 0 Å². The quantitative estimate of drug-likeness (QED) is 0.151. The average molecular weight is 576 g/mol. The molecule has 5 nitrogen and oxygen atoms in total. The number of allylic oxidation sites excluding steroid dienone is 1. The van der Waals surface area contributed by atoms with E-state index in [1.807, 2.05) is 6.92 Å². The van der Waals surface area contributed by atoms with E-state index in [0.717, 1.165) is 12.8 Å². The van der Waals surface area contributed by atoms with Crippen molar-refractivity contribution in [1.29, 1.82) is 0 Å². The standard InChI is InChI=1S/C23H36F3IO5/c1-3-4-6-17(23(24,25)26)19(29)10-9-15-14(13-28)11-20-16(15)12-21(32-20)18(27)7-5-8-22(30)31-2/h9-10,14-21,28-29H,3-8,11-13H2,1-2H3/b10-9+/t14-,15-,16+,17+,18+,19+,20-,21+/m0/s1. The Hall–Kier alpha value is -0.390. The van der Waals surface area contributed by atoms with Crippen molar-refractivity contribution in [3.8, 4) is 0 Å². The summed E-state index contributed by atoms with van der Waals surface area (Å²) in [6.45, 7) is 1.77. The fraction of sp³-hybridized carbons (Fsp3) is 0.870. The number of halogens is 4. The molecule has 0 aromatic rings. The van der Waals surface area contributed by atoms with Crippen molar-refractivity contribution in [2.24, 2.45) is 23.7 Å². The number of esters is 1. The van der Waals surface area contributed by atoms with Gasteiger partial charge in [-0.25, -0.2) is 0 Å². The Balaban J connectivity index is 1.99. The summed E-state index contributed by atoms with van der Waals surface area (Å²) in [5.74, 6) is -2.10. The molecule has 2 fully saturated rings. The summed E-state index contributed by atoms with van der Waals surface area (Å²) in [4.78, 5) is 11.3. The molecule has 1 heterocycles. The lowest BCUT2D eigenvalue weighted by Gasteiger charge is -2.25. The molecule has 186 valence electrons. The van der Waals surface area contributed by atoms with E-state index in [2.05, 4.69) is 27.3 Å². The van der Waals surface area contributed by atoms with Gasteiger partial charge in [0.15, 0.2) is 0 Å². The van der Waals surface area contributed by atoms with Crippen LogP contribution in [-0.2, 0) is 14.3 Å². The highest BCUT2D eigenvalue weighted by Crippen LogP contribution is 2.49. The monoisotopic (exact) mass is 576 g/mol. The second-order valence-electron chi connectivity index (χ2n) is 9.02. The molecule has 2 rings (SSSR count). The summed E-state index contributed by atoms with van der Waals surface area (Å²) >= 11 is 2.34. The maximum Gasteiger partial charge on any atom is 0.394 e. The van der Waals surface area contributed by atoms with Gasteiger partial charge >= 0.3 is 12.1 Å². The van der Waals surface area contributed by atoms with Crippen molar-refractivity contribution in [3.63, 3.8) is 0 Å². The van der Waals surface area contributed by atoms with Crippen LogP contribution < -0.4 is 0 Å². The summed E-state index contributed by atoms with van der Waals surface area (Å²) in [6.07, 6.45) is 1.16. The van der Waals surface area contributed by atoms with Gasteiger partial charge in [-0.1, -0.05) is 54.5 Å². The Labute approximate surface area is 202 Å². The molecule has 0 unspecified atom stereocenters. The summed E-state index contributed by atoms with van der Waals surface area (Å²) in [6, 6.07) is 0. The number of unbranched alkanes of at least 4 members (excludes halogenated alkanes) is 1. The minimum absolute atomic E-state index is 0.0104. The minimum Gasteiger partial charge on any atom is -0.469 e. The Bertz CT molecular complexity index is 615. The van der Waals surface area contributed by atoms with Crippen LogP contribution in [0.15, 0.2) is 12.2 Å². The fourth-order valence-electron chi connectivity index (χ4n) is 5.03. The molecule has 0 amide bonds. The molecule has 9 heteroatoms. The molecule has 32 heavy (non-hydrogen) atoms. The van der Waals surface area contributed by atoms with Crippen LogP contribution in [0.5, 0.6) is 0 Å². The van der Waals surface area contributed by atoms with Crippen LogP contribution in [0.4, 0.5) is 13.2 Å². The molecule has 1 saturated heterocycles. The SMILES string of the molecule is CCCC[C@H]([C@H](O)/C=C/[C@H]1[C@H](CO)C[C@@H]2O[C@@H]([C@H](I)CCCC(=O)OC)C[C@H]12)C(F)(F)F. The average Bonchev–Trinajstić information content (AvgIpc) is 3.29. The Morgan fingerprint density at radius 2 is 2.00 bits per heavy atom. The van der Waals surface area contributed by atoms with E-state index in [4.69, 9.17) is 4.74 Å². The minimum atomic E-state index is -4.45. The van der Waals surface area contributed by atoms with E-state index in [-0.39, 0.29) is 52.9 Å². The number of hydrogen-bond acceptors (Lipinski definition) is 5. The van der Waals surface area contributed by atoms with Gasteiger partial charge in [0, 0.05) is 17.0 Å². The third kappa shape index (κ3) is 7.56. The highest BCUT2D eigenvalue weighted by atomic mass is 127. The van der Waals surface area contributed by atoms with Crippen molar-refractivity contribution in [2.45, 2.75) is 86.7 Å². The number of ether oxygens (including phenoxy) is 2. The number of carbonyl (C=O) groups excluding carboxylic acids is 1.